The molecule has 2 atom stereocenters. The number of rotatable bonds is 2. The van der Waals surface area contributed by atoms with Crippen LogP contribution in [0.2, 0.25) is 0 Å². The summed E-state index contributed by atoms with van der Waals surface area (Å²) in [4.78, 5) is 0. The van der Waals surface area contributed by atoms with Crippen molar-refractivity contribution >= 4 is 0 Å². The molecule has 14 heavy (non-hydrogen) atoms. The van der Waals surface area contributed by atoms with Crippen molar-refractivity contribution in [3.8, 4) is 12.1 Å². The smallest absolute Gasteiger partial charge is 0.0662 e. The van der Waals surface area contributed by atoms with Crippen LogP contribution >= 0.6 is 0 Å². The van der Waals surface area contributed by atoms with Gasteiger partial charge in [0.2, 0.25) is 0 Å². The molecule has 1 rings (SSSR count). The lowest BCUT2D eigenvalue weighted by Crippen LogP contribution is -2.19. The van der Waals surface area contributed by atoms with Crippen LogP contribution in [0, 0.1) is 34.5 Å². The third-order valence-corrected chi connectivity index (χ3v) is 3.18. The minimum absolute atomic E-state index is 0.132. The quantitative estimate of drug-likeness (QED) is 0.625. The van der Waals surface area contributed by atoms with E-state index in [1.165, 1.54) is 11.1 Å². The molecule has 0 fully saturated rings. The first kappa shape index (κ1) is 10.8. The van der Waals surface area contributed by atoms with E-state index in [0.29, 0.717) is 12.3 Å². The summed E-state index contributed by atoms with van der Waals surface area (Å²) < 4.78 is 0. The minimum atomic E-state index is 0.132. The first-order valence-corrected chi connectivity index (χ1v) is 5.10. The first-order valence-electron chi connectivity index (χ1n) is 5.10. The Hall–Kier alpha value is -1.28. The maximum atomic E-state index is 9.01. The highest BCUT2D eigenvalue weighted by Gasteiger charge is 2.26. The molecule has 0 N–H and O–H groups in total. The van der Waals surface area contributed by atoms with Gasteiger partial charge < -0.3 is 0 Å². The second-order valence-corrected chi connectivity index (χ2v) is 4.16. The molecule has 0 aromatic carbocycles. The fourth-order valence-electron chi connectivity index (χ4n) is 2.08. The Bertz CT molecular complexity index is 314. The van der Waals surface area contributed by atoms with Crippen molar-refractivity contribution in [1.29, 1.82) is 10.5 Å². The van der Waals surface area contributed by atoms with Crippen molar-refractivity contribution in [3.63, 3.8) is 0 Å². The van der Waals surface area contributed by atoms with E-state index in [0.717, 1.165) is 19.3 Å². The predicted molar refractivity (Wildman–Crippen MR) is 55.0 cm³/mol. The minimum Gasteiger partial charge on any atom is -0.198 e. The Labute approximate surface area is 85.8 Å². The summed E-state index contributed by atoms with van der Waals surface area (Å²) in [5.74, 6) is 0.537. The lowest BCUT2D eigenvalue weighted by molar-refractivity contribution is 0.353. The van der Waals surface area contributed by atoms with Crippen LogP contribution in [0.15, 0.2) is 11.1 Å². The van der Waals surface area contributed by atoms with Crippen molar-refractivity contribution in [1.82, 2.24) is 0 Å². The molecule has 0 radical (unpaired) electrons. The summed E-state index contributed by atoms with van der Waals surface area (Å²) in [7, 11) is 0. The van der Waals surface area contributed by atoms with Crippen molar-refractivity contribution in [2.75, 3.05) is 0 Å². The third-order valence-electron chi connectivity index (χ3n) is 3.18. The highest BCUT2D eigenvalue weighted by Crippen LogP contribution is 2.35. The molecular formula is C12H16N2. The van der Waals surface area contributed by atoms with E-state index < -0.39 is 0 Å². The zero-order chi connectivity index (χ0) is 10.6. The largest absolute Gasteiger partial charge is 0.198 e. The van der Waals surface area contributed by atoms with Crippen molar-refractivity contribution in [2.45, 2.75) is 39.5 Å². The van der Waals surface area contributed by atoms with Gasteiger partial charge in [-0.15, -0.1) is 0 Å². The summed E-state index contributed by atoms with van der Waals surface area (Å²) >= 11 is 0. The van der Waals surface area contributed by atoms with Gasteiger partial charge in [-0.2, -0.15) is 10.5 Å². The number of nitrogens with zero attached hydrogens (tertiary/aromatic N) is 2. The van der Waals surface area contributed by atoms with Crippen molar-refractivity contribution < 1.29 is 0 Å². The molecule has 0 saturated carbocycles. The van der Waals surface area contributed by atoms with Crippen LogP contribution in [0.3, 0.4) is 0 Å². The molecule has 0 aromatic rings. The highest BCUT2D eigenvalue weighted by atomic mass is 14.4. The highest BCUT2D eigenvalue weighted by molar-refractivity contribution is 5.18. The Balaban J connectivity index is 2.68. The molecule has 0 aliphatic heterocycles. The molecule has 0 spiro atoms. The van der Waals surface area contributed by atoms with Gasteiger partial charge in [0.25, 0.3) is 0 Å². The zero-order valence-corrected chi connectivity index (χ0v) is 8.88. The molecule has 0 heterocycles. The summed E-state index contributed by atoms with van der Waals surface area (Å²) in [5, 5.41) is 17.5. The van der Waals surface area contributed by atoms with Gasteiger partial charge in [-0.25, -0.2) is 0 Å². The van der Waals surface area contributed by atoms with E-state index >= 15 is 0 Å². The maximum absolute atomic E-state index is 9.01. The summed E-state index contributed by atoms with van der Waals surface area (Å²) in [6.07, 6.45) is 3.36. The Morgan fingerprint density at radius 3 is 2.43 bits per heavy atom. The first-order chi connectivity index (χ1) is 6.69. The Kier molecular flexibility index (Phi) is 3.72. The van der Waals surface area contributed by atoms with E-state index in [9.17, 15) is 0 Å². The summed E-state index contributed by atoms with van der Waals surface area (Å²) in [5.41, 5.74) is 2.78. The van der Waals surface area contributed by atoms with Gasteiger partial charge in [0.1, 0.15) is 0 Å². The lowest BCUT2D eigenvalue weighted by Gasteiger charge is -2.28. The van der Waals surface area contributed by atoms with Crippen molar-refractivity contribution in [2.24, 2.45) is 11.8 Å². The molecular weight excluding hydrogens is 172 g/mol. The molecule has 0 amide bonds. The van der Waals surface area contributed by atoms with Crippen molar-refractivity contribution in [3.05, 3.63) is 11.1 Å². The predicted octanol–water partition coefficient (Wildman–Crippen LogP) is 3.18. The average molecular weight is 188 g/mol. The number of allylic oxidation sites excluding steroid dienone is 2. The van der Waals surface area contributed by atoms with Crippen LogP contribution in [0.25, 0.3) is 0 Å². The van der Waals surface area contributed by atoms with Crippen LogP contribution in [-0.2, 0) is 0 Å². The number of hydrogen-bond donors (Lipinski definition) is 0. The maximum Gasteiger partial charge on any atom is 0.0662 e. The standard InChI is InChI=1S/C12H16N2/c1-9-6-11(4-3-5-13)12(8-14)7-10(9)2/h11-12H,3-4,6-7H2,1-2H3. The van der Waals surface area contributed by atoms with E-state index in [1.807, 2.05) is 0 Å². The molecule has 74 valence electrons. The summed E-state index contributed by atoms with van der Waals surface area (Å²) in [6, 6.07) is 4.53. The molecule has 2 heteroatoms. The Morgan fingerprint density at radius 1 is 1.21 bits per heavy atom. The van der Waals surface area contributed by atoms with Gasteiger partial charge in [0, 0.05) is 6.42 Å². The fourth-order valence-corrected chi connectivity index (χ4v) is 2.08. The van der Waals surface area contributed by atoms with E-state index in [2.05, 4.69) is 26.0 Å². The van der Waals surface area contributed by atoms with Crippen LogP contribution in [0.1, 0.15) is 39.5 Å². The lowest BCUT2D eigenvalue weighted by atomic mass is 9.75. The van der Waals surface area contributed by atoms with Gasteiger partial charge in [-0.3, -0.25) is 0 Å². The molecule has 2 nitrogen and oxygen atoms in total. The molecule has 0 bridgehead atoms. The van der Waals surface area contributed by atoms with Gasteiger partial charge in [-0.1, -0.05) is 11.1 Å². The van der Waals surface area contributed by atoms with E-state index in [4.69, 9.17) is 10.5 Å². The average Bonchev–Trinajstić information content (AvgIpc) is 2.19. The van der Waals surface area contributed by atoms with Crippen LogP contribution in [0.5, 0.6) is 0 Å². The SMILES string of the molecule is CC1=C(C)CC(CCC#N)C(C#N)C1. The molecule has 2 unspecified atom stereocenters. The third kappa shape index (κ3) is 2.36. The van der Waals surface area contributed by atoms with Gasteiger partial charge >= 0.3 is 0 Å². The Morgan fingerprint density at radius 2 is 1.86 bits per heavy atom. The molecule has 1 aliphatic rings. The number of hydrogen-bond acceptors (Lipinski definition) is 2. The molecule has 1 aliphatic carbocycles. The second kappa shape index (κ2) is 4.82. The van der Waals surface area contributed by atoms with Crippen LogP contribution < -0.4 is 0 Å². The zero-order valence-electron chi connectivity index (χ0n) is 8.88. The van der Waals surface area contributed by atoms with Gasteiger partial charge in [0.15, 0.2) is 0 Å². The van der Waals surface area contributed by atoms with Crippen LogP contribution in [-0.4, -0.2) is 0 Å². The van der Waals surface area contributed by atoms with Crippen LogP contribution in [0.4, 0.5) is 0 Å². The van der Waals surface area contributed by atoms with Gasteiger partial charge in [-0.05, 0) is 39.0 Å². The molecule has 0 aromatic heterocycles. The monoisotopic (exact) mass is 188 g/mol. The second-order valence-electron chi connectivity index (χ2n) is 4.16. The van der Waals surface area contributed by atoms with E-state index in [1.54, 1.807) is 0 Å². The molecule has 0 saturated heterocycles. The van der Waals surface area contributed by atoms with E-state index in [-0.39, 0.29) is 5.92 Å². The fraction of sp³-hybridized carbons (Fsp3) is 0.667. The topological polar surface area (TPSA) is 47.6 Å². The normalized spacial score (nSPS) is 26.9. The van der Waals surface area contributed by atoms with Gasteiger partial charge in [0.05, 0.1) is 18.1 Å². The number of nitriles is 2. The summed E-state index contributed by atoms with van der Waals surface area (Å²) in [6.45, 7) is 4.25.